The van der Waals surface area contributed by atoms with Crippen LogP contribution < -0.4 is 24.3 Å². The molecule has 14 heteroatoms. The molecule has 5 heterocycles. The van der Waals surface area contributed by atoms with Gasteiger partial charge in [-0.2, -0.15) is 5.26 Å². The number of nitrogens with one attached hydrogen (secondary N) is 1. The highest BCUT2D eigenvalue weighted by atomic mass is 32.2. The number of piperazine rings is 1. The molecule has 2 saturated heterocycles. The maximum absolute atomic E-state index is 13.7. The number of hydrogen-bond acceptors (Lipinski definition) is 13. The van der Waals surface area contributed by atoms with Gasteiger partial charge in [-0.15, -0.1) is 11.8 Å². The summed E-state index contributed by atoms with van der Waals surface area (Å²) < 4.78 is 29.8. The number of amides is 1. The van der Waals surface area contributed by atoms with Gasteiger partial charge in [-0.3, -0.25) is 19.4 Å². The molecule has 2 fully saturated rings. The van der Waals surface area contributed by atoms with Gasteiger partial charge in [0, 0.05) is 53.4 Å². The van der Waals surface area contributed by atoms with Crippen molar-refractivity contribution >= 4 is 29.6 Å². The van der Waals surface area contributed by atoms with Crippen LogP contribution in [0.25, 0.3) is 0 Å². The molecule has 0 radical (unpaired) electrons. The Bertz CT molecular complexity index is 1830. The number of esters is 2. The number of nitriles is 1. The number of aromatic hydroxyl groups is 1. The van der Waals surface area contributed by atoms with Crippen LogP contribution in [0.2, 0.25) is 0 Å². The van der Waals surface area contributed by atoms with E-state index >= 15 is 0 Å². The number of likely N-dealkylation sites (N-methyl/N-ethyl adjacent to an activating group) is 1. The fourth-order valence-corrected chi connectivity index (χ4v) is 10.2. The minimum absolute atomic E-state index is 0.0404. The van der Waals surface area contributed by atoms with Crippen molar-refractivity contribution < 1.29 is 43.2 Å². The summed E-state index contributed by atoms with van der Waals surface area (Å²) in [6.07, 6.45) is 0.738. The Kier molecular flexibility index (Phi) is 8.81. The number of ether oxygens (including phenoxy) is 5. The van der Waals surface area contributed by atoms with Crippen LogP contribution in [0.1, 0.15) is 77.9 Å². The minimum Gasteiger partial charge on any atom is -0.504 e. The number of rotatable bonds is 5. The van der Waals surface area contributed by atoms with E-state index in [1.54, 1.807) is 0 Å². The van der Waals surface area contributed by atoms with Crippen LogP contribution in [0.5, 0.6) is 28.7 Å². The number of fused-ring (bicyclic) bond motifs is 9. The van der Waals surface area contributed by atoms with Crippen LogP contribution in [0.4, 0.5) is 0 Å². The van der Waals surface area contributed by atoms with Crippen LogP contribution >= 0.6 is 11.8 Å². The summed E-state index contributed by atoms with van der Waals surface area (Å²) in [7, 11) is 3.50. The Hall–Kier alpha value is -4.19. The van der Waals surface area contributed by atoms with E-state index in [4.69, 9.17) is 23.7 Å². The third-order valence-corrected chi connectivity index (χ3v) is 12.0. The second-order valence-electron chi connectivity index (χ2n) is 14.1. The van der Waals surface area contributed by atoms with Crippen LogP contribution in [-0.4, -0.2) is 90.2 Å². The molecule has 0 saturated carbocycles. The lowest BCUT2D eigenvalue weighted by atomic mass is 9.71. The SMILES string of the molecule is COc1c(C)cc2c(c1O)[C@@H]1C3[C@@H]4SC[C@H](NC(=O)CC(C)C)C(=O)OC[C@H](c5c6c(c(C)c(OC(C)=O)c54)OCO6)N3[C@@H](C#N)[C@H](C2)N1C. The smallest absolute Gasteiger partial charge is 0.329 e. The first-order chi connectivity index (χ1) is 23.9. The van der Waals surface area contributed by atoms with Crippen LogP contribution in [0.15, 0.2) is 6.07 Å². The number of cyclic esters (lactones) is 1. The highest BCUT2D eigenvalue weighted by Gasteiger charge is 2.60. The van der Waals surface area contributed by atoms with Gasteiger partial charge in [0.1, 0.15) is 24.4 Å². The number of carbonyl (C=O) groups is 3. The molecule has 0 aliphatic carbocycles. The first kappa shape index (κ1) is 34.3. The number of benzene rings is 2. The molecule has 4 bridgehead atoms. The van der Waals surface area contributed by atoms with Gasteiger partial charge in [0.25, 0.3) is 0 Å². The molecule has 0 aromatic heterocycles. The van der Waals surface area contributed by atoms with E-state index < -0.39 is 47.4 Å². The molecule has 13 nitrogen and oxygen atoms in total. The molecule has 5 aliphatic heterocycles. The standard InChI is InChI=1S/C36H42N4O9S/c1-15(2)8-24(42)38-20-13-50-35-27-26(34-33(47-14-48-34)17(4)32(27)49-18(5)41)23(12-46-36(20)44)40-22(11-37)21-10-19-9-16(3)31(45-7)30(43)25(19)28(29(35)40)39(21)6/h9,15,20-23,28-29,35,43H,8,10,12-14H2,1-7H3,(H,38,42)/t20-,21-,22-,23+,28+,29?,35+/m0/s1. The van der Waals surface area contributed by atoms with E-state index in [1.807, 2.05) is 40.8 Å². The monoisotopic (exact) mass is 706 g/mol. The van der Waals surface area contributed by atoms with E-state index in [1.165, 1.54) is 25.8 Å². The molecule has 7 rings (SSSR count). The Labute approximate surface area is 295 Å². The number of phenols is 1. The largest absolute Gasteiger partial charge is 0.504 e. The molecule has 0 spiro atoms. The summed E-state index contributed by atoms with van der Waals surface area (Å²) in [5.74, 6) is 0.490. The van der Waals surface area contributed by atoms with Gasteiger partial charge in [0.05, 0.1) is 30.5 Å². The van der Waals surface area contributed by atoms with E-state index in [0.29, 0.717) is 51.7 Å². The molecule has 266 valence electrons. The minimum atomic E-state index is -0.953. The predicted molar refractivity (Wildman–Crippen MR) is 181 cm³/mol. The first-order valence-electron chi connectivity index (χ1n) is 16.9. The molecule has 2 aromatic carbocycles. The van der Waals surface area contributed by atoms with Crippen molar-refractivity contribution in [1.82, 2.24) is 15.1 Å². The van der Waals surface area contributed by atoms with Gasteiger partial charge in [-0.25, -0.2) is 4.79 Å². The average molecular weight is 707 g/mol. The summed E-state index contributed by atoms with van der Waals surface area (Å²) in [5, 5.41) is 25.2. The zero-order valence-electron chi connectivity index (χ0n) is 29.2. The third kappa shape index (κ3) is 5.24. The first-order valence-corrected chi connectivity index (χ1v) is 17.9. The lowest BCUT2D eigenvalue weighted by molar-refractivity contribution is -0.152. The van der Waals surface area contributed by atoms with E-state index in [-0.39, 0.29) is 49.2 Å². The molecule has 1 amide bonds. The number of carbonyl (C=O) groups excluding carboxylic acids is 3. The van der Waals surface area contributed by atoms with Gasteiger partial charge >= 0.3 is 11.9 Å². The van der Waals surface area contributed by atoms with Crippen molar-refractivity contribution in [2.75, 3.05) is 33.3 Å². The summed E-state index contributed by atoms with van der Waals surface area (Å²) in [6.45, 7) is 8.67. The van der Waals surface area contributed by atoms with Crippen LogP contribution in [0, 0.1) is 31.1 Å². The number of nitrogens with zero attached hydrogens (tertiary/aromatic N) is 3. The van der Waals surface area contributed by atoms with E-state index in [9.17, 15) is 24.8 Å². The molecule has 2 aromatic rings. The fourth-order valence-electron chi connectivity index (χ4n) is 8.69. The number of methoxy groups -OCH3 is 1. The zero-order chi connectivity index (χ0) is 35.8. The lowest BCUT2D eigenvalue weighted by Gasteiger charge is -2.61. The fraction of sp³-hybridized carbons (Fsp3) is 0.556. The molecule has 5 aliphatic rings. The Morgan fingerprint density at radius 3 is 2.58 bits per heavy atom. The zero-order valence-corrected chi connectivity index (χ0v) is 30.0. The third-order valence-electron chi connectivity index (χ3n) is 10.6. The Balaban J connectivity index is 1.49. The van der Waals surface area contributed by atoms with Gasteiger partial charge in [-0.05, 0) is 44.4 Å². The number of phenolic OH excluding ortho intramolecular Hbond substituents is 1. The lowest BCUT2D eigenvalue weighted by Crippen LogP contribution is -2.69. The average Bonchev–Trinajstić information content (AvgIpc) is 3.54. The normalized spacial score (nSPS) is 28.1. The quantitative estimate of drug-likeness (QED) is 0.342. The van der Waals surface area contributed by atoms with E-state index in [0.717, 1.165) is 11.1 Å². The van der Waals surface area contributed by atoms with Crippen molar-refractivity contribution in [2.45, 2.75) is 89.0 Å². The van der Waals surface area contributed by atoms with Crippen molar-refractivity contribution in [3.63, 3.8) is 0 Å². The molecular weight excluding hydrogens is 664 g/mol. The van der Waals surface area contributed by atoms with Gasteiger partial charge < -0.3 is 34.1 Å². The second kappa shape index (κ2) is 12.9. The Morgan fingerprint density at radius 1 is 1.16 bits per heavy atom. The maximum atomic E-state index is 13.7. The summed E-state index contributed by atoms with van der Waals surface area (Å²) >= 11 is 1.41. The maximum Gasteiger partial charge on any atom is 0.329 e. The molecular formula is C36H42N4O9S. The second-order valence-corrected chi connectivity index (χ2v) is 15.3. The number of thioether (sulfide) groups is 1. The highest BCUT2D eigenvalue weighted by molar-refractivity contribution is 7.99. The van der Waals surface area contributed by atoms with Crippen LogP contribution in [-0.2, 0) is 25.5 Å². The Morgan fingerprint density at radius 2 is 1.90 bits per heavy atom. The molecule has 7 atom stereocenters. The summed E-state index contributed by atoms with van der Waals surface area (Å²) in [4.78, 5) is 43.7. The topological polar surface area (TPSA) is 160 Å². The number of hydrogen-bond donors (Lipinski definition) is 2. The van der Waals surface area contributed by atoms with Crippen LogP contribution in [0.3, 0.4) is 0 Å². The summed E-state index contributed by atoms with van der Waals surface area (Å²) in [6, 6.07) is 1.01. The molecule has 2 N–H and O–H groups in total. The number of aryl methyl sites for hydroxylation is 1. The highest BCUT2D eigenvalue weighted by Crippen LogP contribution is 2.64. The van der Waals surface area contributed by atoms with Gasteiger partial charge in [-0.1, -0.05) is 19.9 Å². The van der Waals surface area contributed by atoms with Crippen molar-refractivity contribution in [1.29, 1.82) is 5.26 Å². The van der Waals surface area contributed by atoms with E-state index in [2.05, 4.69) is 21.2 Å². The molecule has 1 unspecified atom stereocenters. The van der Waals surface area contributed by atoms with Crippen molar-refractivity contribution in [3.05, 3.63) is 39.4 Å². The van der Waals surface area contributed by atoms with Crippen molar-refractivity contribution in [2.24, 2.45) is 5.92 Å². The van der Waals surface area contributed by atoms with Gasteiger partial charge in [0.15, 0.2) is 23.0 Å². The van der Waals surface area contributed by atoms with Gasteiger partial charge in [0.2, 0.25) is 12.7 Å². The van der Waals surface area contributed by atoms with Crippen molar-refractivity contribution in [3.8, 4) is 34.8 Å². The summed E-state index contributed by atoms with van der Waals surface area (Å²) in [5.41, 5.74) is 4.32. The predicted octanol–water partition coefficient (Wildman–Crippen LogP) is 3.76. The molecule has 50 heavy (non-hydrogen) atoms.